The van der Waals surface area contributed by atoms with Crippen LogP contribution in [0.3, 0.4) is 0 Å². The number of amides is 2. The number of benzene rings is 3. The van der Waals surface area contributed by atoms with Crippen molar-refractivity contribution in [2.45, 2.75) is 44.6 Å². The summed E-state index contributed by atoms with van der Waals surface area (Å²) in [6, 6.07) is 23.0. The van der Waals surface area contributed by atoms with Crippen LogP contribution in [0.2, 0.25) is 0 Å². The van der Waals surface area contributed by atoms with Crippen molar-refractivity contribution in [3.8, 4) is 16.9 Å². The van der Waals surface area contributed by atoms with E-state index in [4.69, 9.17) is 10.8 Å². The molecule has 0 heterocycles. The van der Waals surface area contributed by atoms with Crippen LogP contribution in [-0.2, 0) is 32.0 Å². The van der Waals surface area contributed by atoms with Crippen LogP contribution in [0.1, 0.15) is 36.8 Å². The molecule has 198 valence electrons. The number of carbonyl (C=O) groups excluding carboxylic acids is 3. The van der Waals surface area contributed by atoms with Gasteiger partial charge in [-0.25, -0.2) is 0 Å². The van der Waals surface area contributed by atoms with Crippen molar-refractivity contribution in [2.75, 3.05) is 0 Å². The first-order chi connectivity index (χ1) is 18.2. The summed E-state index contributed by atoms with van der Waals surface area (Å²) in [5.74, 6) is -3.35. The molecule has 0 unspecified atom stereocenters. The number of carboxylic acids is 1. The Kier molecular flexibility index (Phi) is 10.2. The Balaban J connectivity index is 1.59. The molecule has 0 aliphatic heterocycles. The third-order valence-electron chi connectivity index (χ3n) is 6.34. The standard InChI is InChI=1S/C30H32N2O6/c31-30(38)24(18-21-8-13-25(33)14-9-21)19-27(34)26(15-17-29(36)37)32-28(35)16-10-20-6-11-23(12-7-20)22-4-2-1-3-5-22/h1-9,11-14,24,26,33H,10,15-19H2,(H2,31,38)(H,32,35)(H,36,37)/t24-,26+/m1/s1. The van der Waals surface area contributed by atoms with Crippen molar-refractivity contribution >= 4 is 23.6 Å². The summed E-state index contributed by atoms with van der Waals surface area (Å²) >= 11 is 0. The summed E-state index contributed by atoms with van der Waals surface area (Å²) in [6.45, 7) is 0. The van der Waals surface area contributed by atoms with Gasteiger partial charge in [-0.05, 0) is 53.6 Å². The molecule has 2 amide bonds. The molecule has 0 saturated carbocycles. The third kappa shape index (κ3) is 8.89. The van der Waals surface area contributed by atoms with Gasteiger partial charge in [-0.15, -0.1) is 0 Å². The maximum Gasteiger partial charge on any atom is 0.303 e. The van der Waals surface area contributed by atoms with Crippen molar-refractivity contribution < 1.29 is 29.4 Å². The number of nitrogens with two attached hydrogens (primary N) is 1. The number of aryl methyl sites for hydroxylation is 1. The number of carbonyl (C=O) groups is 4. The highest BCUT2D eigenvalue weighted by atomic mass is 16.4. The van der Waals surface area contributed by atoms with E-state index in [0.29, 0.717) is 12.0 Å². The molecule has 0 aliphatic rings. The number of hydrogen-bond donors (Lipinski definition) is 4. The summed E-state index contributed by atoms with van der Waals surface area (Å²) in [4.78, 5) is 48.9. The van der Waals surface area contributed by atoms with Crippen LogP contribution in [0.15, 0.2) is 78.9 Å². The zero-order chi connectivity index (χ0) is 27.5. The van der Waals surface area contributed by atoms with Gasteiger partial charge in [0.2, 0.25) is 11.8 Å². The number of primary amides is 1. The zero-order valence-electron chi connectivity index (χ0n) is 21.0. The van der Waals surface area contributed by atoms with Crippen molar-refractivity contribution in [2.24, 2.45) is 11.7 Å². The summed E-state index contributed by atoms with van der Waals surface area (Å²) < 4.78 is 0. The number of phenolic OH excluding ortho intramolecular Hbond substituents is 1. The highest BCUT2D eigenvalue weighted by molar-refractivity contribution is 5.92. The minimum Gasteiger partial charge on any atom is -0.508 e. The number of ketones is 1. The lowest BCUT2D eigenvalue weighted by Crippen LogP contribution is -2.43. The van der Waals surface area contributed by atoms with Gasteiger partial charge in [0.1, 0.15) is 5.75 Å². The average molecular weight is 517 g/mol. The number of hydrogen-bond acceptors (Lipinski definition) is 5. The van der Waals surface area contributed by atoms with E-state index in [0.717, 1.165) is 16.7 Å². The molecular formula is C30H32N2O6. The molecule has 0 aromatic heterocycles. The van der Waals surface area contributed by atoms with E-state index in [1.807, 2.05) is 54.6 Å². The van der Waals surface area contributed by atoms with Gasteiger partial charge < -0.3 is 21.3 Å². The lowest BCUT2D eigenvalue weighted by Gasteiger charge is -2.20. The predicted octanol–water partition coefficient (Wildman–Crippen LogP) is 3.64. The van der Waals surface area contributed by atoms with Crippen molar-refractivity contribution in [3.63, 3.8) is 0 Å². The van der Waals surface area contributed by atoms with Gasteiger partial charge >= 0.3 is 5.97 Å². The van der Waals surface area contributed by atoms with E-state index in [1.165, 1.54) is 12.1 Å². The van der Waals surface area contributed by atoms with E-state index in [2.05, 4.69) is 5.32 Å². The third-order valence-corrected chi connectivity index (χ3v) is 6.34. The van der Waals surface area contributed by atoms with Crippen LogP contribution < -0.4 is 11.1 Å². The zero-order valence-corrected chi connectivity index (χ0v) is 21.0. The Morgan fingerprint density at radius 2 is 1.39 bits per heavy atom. The van der Waals surface area contributed by atoms with Crippen molar-refractivity contribution in [3.05, 3.63) is 90.0 Å². The highest BCUT2D eigenvalue weighted by Gasteiger charge is 2.27. The number of aromatic hydroxyl groups is 1. The Hall–Kier alpha value is -4.46. The molecule has 0 spiro atoms. The monoisotopic (exact) mass is 516 g/mol. The Morgan fingerprint density at radius 1 is 0.789 bits per heavy atom. The summed E-state index contributed by atoms with van der Waals surface area (Å²) in [5.41, 5.74) is 9.35. The summed E-state index contributed by atoms with van der Waals surface area (Å²) in [6.07, 6.45) is 0.120. The van der Waals surface area contributed by atoms with Crippen molar-refractivity contribution in [1.29, 1.82) is 0 Å². The molecule has 3 aromatic carbocycles. The van der Waals surface area contributed by atoms with Gasteiger partial charge in [-0.2, -0.15) is 0 Å². The smallest absolute Gasteiger partial charge is 0.303 e. The first-order valence-electron chi connectivity index (χ1n) is 12.5. The molecule has 8 nitrogen and oxygen atoms in total. The minimum atomic E-state index is -1.09. The van der Waals surface area contributed by atoms with Crippen LogP contribution in [0, 0.1) is 5.92 Å². The quantitative estimate of drug-likeness (QED) is 0.257. The maximum absolute atomic E-state index is 13.0. The van der Waals surface area contributed by atoms with E-state index in [-0.39, 0.29) is 43.8 Å². The number of Topliss-reactive ketones (excluding diaryl/α,β-unsaturated/α-hetero) is 1. The lowest BCUT2D eigenvalue weighted by atomic mass is 9.90. The fourth-order valence-electron chi connectivity index (χ4n) is 4.18. The first-order valence-corrected chi connectivity index (χ1v) is 12.5. The fourth-order valence-corrected chi connectivity index (χ4v) is 4.18. The second-order valence-corrected chi connectivity index (χ2v) is 9.26. The molecule has 0 bridgehead atoms. The predicted molar refractivity (Wildman–Crippen MR) is 143 cm³/mol. The summed E-state index contributed by atoms with van der Waals surface area (Å²) in [7, 11) is 0. The molecule has 0 fully saturated rings. The van der Waals surface area contributed by atoms with Crippen molar-refractivity contribution in [1.82, 2.24) is 5.32 Å². The Bertz CT molecular complexity index is 1240. The van der Waals surface area contributed by atoms with Crippen LogP contribution in [0.4, 0.5) is 0 Å². The molecule has 0 saturated heterocycles. The molecule has 3 rings (SSSR count). The second kappa shape index (κ2) is 13.7. The lowest BCUT2D eigenvalue weighted by molar-refractivity contribution is -0.138. The van der Waals surface area contributed by atoms with E-state index >= 15 is 0 Å². The Morgan fingerprint density at radius 3 is 2.00 bits per heavy atom. The normalized spacial score (nSPS) is 12.3. The van der Waals surface area contributed by atoms with Crippen LogP contribution in [0.5, 0.6) is 5.75 Å². The number of carboxylic acid groups (broad SMARTS) is 1. The van der Waals surface area contributed by atoms with Gasteiger partial charge in [-0.3, -0.25) is 19.2 Å². The molecule has 2 atom stereocenters. The first kappa shape index (κ1) is 28.1. The maximum atomic E-state index is 13.0. The van der Waals surface area contributed by atoms with E-state index in [9.17, 15) is 24.3 Å². The topological polar surface area (TPSA) is 147 Å². The number of phenols is 1. The number of aliphatic carboxylic acids is 1. The Labute approximate surface area is 221 Å². The SMILES string of the molecule is NC(=O)[C@@H](CC(=O)[C@H](CCC(=O)O)NC(=O)CCc1ccc(-c2ccccc2)cc1)Cc1ccc(O)cc1. The molecule has 38 heavy (non-hydrogen) atoms. The molecular weight excluding hydrogens is 484 g/mol. The molecule has 3 aromatic rings. The van der Waals surface area contributed by atoms with Gasteiger partial charge in [0.25, 0.3) is 0 Å². The summed E-state index contributed by atoms with van der Waals surface area (Å²) in [5, 5.41) is 21.2. The van der Waals surface area contributed by atoms with Crippen LogP contribution >= 0.6 is 0 Å². The van der Waals surface area contributed by atoms with Crippen LogP contribution in [-0.4, -0.2) is 39.8 Å². The molecule has 8 heteroatoms. The average Bonchev–Trinajstić information content (AvgIpc) is 2.91. The van der Waals surface area contributed by atoms with Gasteiger partial charge in [0, 0.05) is 25.2 Å². The molecule has 0 aliphatic carbocycles. The highest BCUT2D eigenvalue weighted by Crippen LogP contribution is 2.20. The molecule has 0 radical (unpaired) electrons. The fraction of sp³-hybridized carbons (Fsp3) is 0.267. The van der Waals surface area contributed by atoms with Gasteiger partial charge in [-0.1, -0.05) is 66.7 Å². The number of nitrogens with one attached hydrogen (secondary N) is 1. The van der Waals surface area contributed by atoms with Crippen LogP contribution in [0.25, 0.3) is 11.1 Å². The largest absolute Gasteiger partial charge is 0.508 e. The number of rotatable bonds is 14. The molecule has 5 N–H and O–H groups in total. The minimum absolute atomic E-state index is 0.0732. The van der Waals surface area contributed by atoms with Gasteiger partial charge in [0.05, 0.1) is 6.04 Å². The second-order valence-electron chi connectivity index (χ2n) is 9.26. The van der Waals surface area contributed by atoms with E-state index < -0.39 is 29.6 Å². The van der Waals surface area contributed by atoms with E-state index in [1.54, 1.807) is 12.1 Å². The van der Waals surface area contributed by atoms with Gasteiger partial charge in [0.15, 0.2) is 5.78 Å².